The maximum atomic E-state index is 6.04. The quantitative estimate of drug-likeness (QED) is 0.705. The second-order valence-corrected chi connectivity index (χ2v) is 7.86. The normalized spacial score (nSPS) is 15.4. The predicted octanol–water partition coefficient (Wildman–Crippen LogP) is 2.64. The molecule has 1 N–H and O–H groups in total. The van der Waals surface area contributed by atoms with Crippen molar-refractivity contribution >= 4 is 23.1 Å². The highest BCUT2D eigenvalue weighted by atomic mass is 35.5. The zero-order valence-electron chi connectivity index (χ0n) is 15.9. The average molecular weight is 383 g/mol. The Hall–Kier alpha value is -2.37. The number of nitrogens with zero attached hydrogens (tertiary/aromatic N) is 4. The molecule has 1 fully saturated rings. The fraction of sp³-hybridized carbons (Fsp3) is 0.333. The number of piperazine rings is 1. The van der Waals surface area contributed by atoms with Gasteiger partial charge >= 0.3 is 0 Å². The number of quaternary nitrogens is 1. The molecule has 3 aromatic rings. The van der Waals surface area contributed by atoms with E-state index in [-0.39, 0.29) is 0 Å². The molecule has 140 valence electrons. The summed E-state index contributed by atoms with van der Waals surface area (Å²) in [7, 11) is 0. The van der Waals surface area contributed by atoms with Crippen molar-refractivity contribution in [2.24, 2.45) is 0 Å². The van der Waals surface area contributed by atoms with Crippen LogP contribution in [0, 0.1) is 6.92 Å². The second kappa shape index (κ2) is 7.33. The van der Waals surface area contributed by atoms with Crippen LogP contribution in [0.15, 0.2) is 48.7 Å². The first-order valence-corrected chi connectivity index (χ1v) is 9.73. The number of rotatable bonds is 4. The summed E-state index contributed by atoms with van der Waals surface area (Å²) in [6.45, 7) is 13.5. The Morgan fingerprint density at radius 3 is 2.59 bits per heavy atom. The first kappa shape index (κ1) is 18.0. The van der Waals surface area contributed by atoms with Crippen LogP contribution < -0.4 is 9.80 Å². The maximum absolute atomic E-state index is 6.04. The molecular weight excluding hydrogens is 358 g/mol. The van der Waals surface area contributed by atoms with Gasteiger partial charge in [0.2, 0.25) is 0 Å². The van der Waals surface area contributed by atoms with Gasteiger partial charge in [0, 0.05) is 22.3 Å². The SMILES string of the molecule is C=C(C)C[NH+]1CCN(c2cc(C)nc3c(-c4ccc(Cl)cc4)cnn23)CC1. The number of halogens is 1. The zero-order chi connectivity index (χ0) is 19.0. The summed E-state index contributed by atoms with van der Waals surface area (Å²) in [5.74, 6) is 1.12. The third-order valence-electron chi connectivity index (χ3n) is 5.08. The lowest BCUT2D eigenvalue weighted by Gasteiger charge is -2.33. The van der Waals surface area contributed by atoms with Gasteiger partial charge in [-0.05, 0) is 37.1 Å². The van der Waals surface area contributed by atoms with Crippen molar-refractivity contribution in [1.82, 2.24) is 14.6 Å². The zero-order valence-corrected chi connectivity index (χ0v) is 16.6. The Kier molecular flexibility index (Phi) is 4.89. The van der Waals surface area contributed by atoms with E-state index in [0.29, 0.717) is 0 Å². The standard InChI is InChI=1S/C21H24ClN5/c1-15(2)14-25-8-10-26(11-9-25)20-12-16(3)24-21-19(13-23-27(20)21)17-4-6-18(22)7-5-17/h4-7,12-13H,1,8-11,14H2,2-3H3/p+1. The number of benzene rings is 1. The molecule has 0 radical (unpaired) electrons. The lowest BCUT2D eigenvalue weighted by molar-refractivity contribution is -0.895. The third kappa shape index (κ3) is 3.70. The molecule has 6 heteroatoms. The number of aryl methyl sites for hydroxylation is 1. The fourth-order valence-corrected chi connectivity index (χ4v) is 3.90. The molecule has 1 aromatic carbocycles. The summed E-state index contributed by atoms with van der Waals surface area (Å²) in [5.41, 5.74) is 5.26. The lowest BCUT2D eigenvalue weighted by atomic mass is 10.1. The Morgan fingerprint density at radius 1 is 1.22 bits per heavy atom. The molecule has 3 heterocycles. The lowest BCUT2D eigenvalue weighted by Crippen LogP contribution is -3.15. The smallest absolute Gasteiger partial charge is 0.165 e. The first-order valence-electron chi connectivity index (χ1n) is 9.35. The molecule has 5 nitrogen and oxygen atoms in total. The summed E-state index contributed by atoms with van der Waals surface area (Å²) in [6, 6.07) is 9.97. The molecule has 0 bridgehead atoms. The highest BCUT2D eigenvalue weighted by Gasteiger charge is 2.23. The van der Waals surface area contributed by atoms with Gasteiger partial charge in [0.15, 0.2) is 5.65 Å². The minimum atomic E-state index is 0.732. The van der Waals surface area contributed by atoms with Gasteiger partial charge in [-0.1, -0.05) is 30.3 Å². The van der Waals surface area contributed by atoms with Crippen LogP contribution >= 0.6 is 11.6 Å². The Balaban J connectivity index is 1.66. The van der Waals surface area contributed by atoms with Gasteiger partial charge in [-0.25, -0.2) is 4.98 Å². The van der Waals surface area contributed by atoms with E-state index in [2.05, 4.69) is 29.6 Å². The van der Waals surface area contributed by atoms with Crippen molar-refractivity contribution < 1.29 is 4.90 Å². The molecule has 0 saturated carbocycles. The van der Waals surface area contributed by atoms with Crippen molar-refractivity contribution in [2.45, 2.75) is 13.8 Å². The highest BCUT2D eigenvalue weighted by Crippen LogP contribution is 2.28. The van der Waals surface area contributed by atoms with Gasteiger partial charge in [0.1, 0.15) is 5.82 Å². The summed E-state index contributed by atoms with van der Waals surface area (Å²) in [5, 5.41) is 5.39. The number of hydrogen-bond donors (Lipinski definition) is 1. The molecule has 2 aromatic heterocycles. The highest BCUT2D eigenvalue weighted by molar-refractivity contribution is 6.30. The van der Waals surface area contributed by atoms with Crippen molar-refractivity contribution in [3.63, 3.8) is 0 Å². The molecule has 1 saturated heterocycles. The number of anilines is 1. The van der Waals surface area contributed by atoms with Crippen molar-refractivity contribution in [1.29, 1.82) is 0 Å². The van der Waals surface area contributed by atoms with Crippen LogP contribution in [0.2, 0.25) is 5.02 Å². The largest absolute Gasteiger partial charge is 0.345 e. The molecule has 27 heavy (non-hydrogen) atoms. The molecule has 1 aliphatic rings. The van der Waals surface area contributed by atoms with E-state index in [0.717, 1.165) is 66.0 Å². The second-order valence-electron chi connectivity index (χ2n) is 7.43. The van der Waals surface area contributed by atoms with Crippen molar-refractivity contribution in [3.05, 3.63) is 59.4 Å². The Bertz CT molecular complexity index is 968. The van der Waals surface area contributed by atoms with E-state index in [9.17, 15) is 0 Å². The number of fused-ring (bicyclic) bond motifs is 1. The molecular formula is C21H25ClN5+. The summed E-state index contributed by atoms with van der Waals surface area (Å²) in [6.07, 6.45) is 1.90. The molecule has 0 amide bonds. The van der Waals surface area contributed by atoms with Crippen LogP contribution in [0.25, 0.3) is 16.8 Å². The van der Waals surface area contributed by atoms with Gasteiger partial charge in [-0.3, -0.25) is 0 Å². The summed E-state index contributed by atoms with van der Waals surface area (Å²) < 4.78 is 1.97. The average Bonchev–Trinajstić information content (AvgIpc) is 3.05. The van der Waals surface area contributed by atoms with E-state index in [4.69, 9.17) is 16.6 Å². The monoisotopic (exact) mass is 382 g/mol. The predicted molar refractivity (Wildman–Crippen MR) is 111 cm³/mol. The molecule has 0 unspecified atom stereocenters. The van der Waals surface area contributed by atoms with E-state index in [1.807, 2.05) is 41.9 Å². The Morgan fingerprint density at radius 2 is 1.93 bits per heavy atom. The molecule has 0 spiro atoms. The summed E-state index contributed by atoms with van der Waals surface area (Å²) >= 11 is 6.04. The number of nitrogens with one attached hydrogen (secondary N) is 1. The van der Waals surface area contributed by atoms with Gasteiger partial charge in [-0.15, -0.1) is 0 Å². The van der Waals surface area contributed by atoms with E-state index >= 15 is 0 Å². The van der Waals surface area contributed by atoms with Crippen molar-refractivity contribution in [2.75, 3.05) is 37.6 Å². The van der Waals surface area contributed by atoms with Crippen LogP contribution in [0.4, 0.5) is 5.82 Å². The van der Waals surface area contributed by atoms with E-state index in [1.54, 1.807) is 4.90 Å². The first-order chi connectivity index (χ1) is 13.0. The van der Waals surface area contributed by atoms with Gasteiger partial charge in [-0.2, -0.15) is 9.61 Å². The van der Waals surface area contributed by atoms with Gasteiger partial charge in [0.05, 0.1) is 38.9 Å². The molecule has 1 aliphatic heterocycles. The molecule has 4 rings (SSSR count). The number of aromatic nitrogens is 3. The van der Waals surface area contributed by atoms with E-state index in [1.165, 1.54) is 5.57 Å². The number of hydrogen-bond acceptors (Lipinski definition) is 3. The van der Waals surface area contributed by atoms with Crippen LogP contribution in [-0.4, -0.2) is 47.3 Å². The molecule has 0 atom stereocenters. The fourth-order valence-electron chi connectivity index (χ4n) is 3.78. The van der Waals surface area contributed by atoms with Crippen LogP contribution in [0.5, 0.6) is 0 Å². The maximum Gasteiger partial charge on any atom is 0.165 e. The third-order valence-corrected chi connectivity index (χ3v) is 5.33. The topological polar surface area (TPSA) is 37.9 Å². The minimum Gasteiger partial charge on any atom is -0.345 e. The Labute approximate surface area is 164 Å². The van der Waals surface area contributed by atoms with Gasteiger partial charge < -0.3 is 9.80 Å². The van der Waals surface area contributed by atoms with Crippen LogP contribution in [0.3, 0.4) is 0 Å². The summed E-state index contributed by atoms with van der Waals surface area (Å²) in [4.78, 5) is 8.79. The van der Waals surface area contributed by atoms with Crippen LogP contribution in [0.1, 0.15) is 12.6 Å². The van der Waals surface area contributed by atoms with Gasteiger partial charge in [0.25, 0.3) is 0 Å². The van der Waals surface area contributed by atoms with Crippen LogP contribution in [-0.2, 0) is 0 Å². The minimum absolute atomic E-state index is 0.732. The molecule has 0 aliphatic carbocycles. The van der Waals surface area contributed by atoms with E-state index < -0.39 is 0 Å². The van der Waals surface area contributed by atoms with Crippen molar-refractivity contribution in [3.8, 4) is 11.1 Å².